The third kappa shape index (κ3) is 2.33. The molecule has 0 aliphatic carbocycles. The number of hydrogen-bond donors (Lipinski definition) is 0. The predicted molar refractivity (Wildman–Crippen MR) is 62.8 cm³/mol. The highest BCUT2D eigenvalue weighted by atomic mass is 19.1. The van der Waals surface area contributed by atoms with Gasteiger partial charge in [-0.05, 0) is 12.1 Å². The summed E-state index contributed by atoms with van der Waals surface area (Å²) in [7, 11) is 1.45. The number of ether oxygens (including phenoxy) is 1. The smallest absolute Gasteiger partial charge is 0.195 e. The van der Waals surface area contributed by atoms with E-state index in [0.29, 0.717) is 11.3 Å². The van der Waals surface area contributed by atoms with Crippen molar-refractivity contribution in [3.05, 3.63) is 65.5 Å². The zero-order valence-corrected chi connectivity index (χ0v) is 9.31. The van der Waals surface area contributed by atoms with Crippen LogP contribution in [0.2, 0.25) is 0 Å². The Morgan fingerprint density at radius 2 is 1.82 bits per heavy atom. The van der Waals surface area contributed by atoms with Crippen LogP contribution < -0.4 is 4.74 Å². The van der Waals surface area contributed by atoms with E-state index in [1.807, 2.05) is 0 Å². The van der Waals surface area contributed by atoms with E-state index >= 15 is 0 Å². The maximum absolute atomic E-state index is 13.7. The van der Waals surface area contributed by atoms with E-state index in [-0.39, 0.29) is 11.3 Å². The summed E-state index contributed by atoms with van der Waals surface area (Å²) < 4.78 is 18.6. The van der Waals surface area contributed by atoms with Crippen molar-refractivity contribution in [1.29, 1.82) is 0 Å². The second-order valence-corrected chi connectivity index (χ2v) is 3.54. The molecule has 2 nitrogen and oxygen atoms in total. The fourth-order valence-corrected chi connectivity index (χ4v) is 1.55. The number of carbonyl (C=O) groups excluding carboxylic acids is 1. The van der Waals surface area contributed by atoms with Gasteiger partial charge in [-0.2, -0.15) is 0 Å². The molecule has 0 heterocycles. The third-order valence-corrected chi connectivity index (χ3v) is 2.46. The van der Waals surface area contributed by atoms with Crippen molar-refractivity contribution >= 4 is 5.78 Å². The largest absolute Gasteiger partial charge is 0.497 e. The number of benzene rings is 2. The zero-order chi connectivity index (χ0) is 12.3. The first-order valence-electron chi connectivity index (χ1n) is 5.15. The molecule has 0 fully saturated rings. The molecule has 0 N–H and O–H groups in total. The van der Waals surface area contributed by atoms with E-state index in [1.54, 1.807) is 36.4 Å². The fraction of sp³-hybridized carbons (Fsp3) is 0.0714. The highest BCUT2D eigenvalue weighted by Crippen LogP contribution is 2.19. The van der Waals surface area contributed by atoms with E-state index in [9.17, 15) is 9.18 Å². The van der Waals surface area contributed by atoms with Crippen LogP contribution in [0.1, 0.15) is 15.9 Å². The minimum atomic E-state index is -0.571. The zero-order valence-electron chi connectivity index (χ0n) is 9.31. The Bertz CT molecular complexity index is 535. The van der Waals surface area contributed by atoms with E-state index < -0.39 is 5.82 Å². The summed E-state index contributed by atoms with van der Waals surface area (Å²) in [5, 5.41) is 0. The second-order valence-electron chi connectivity index (χ2n) is 3.54. The van der Waals surface area contributed by atoms with Crippen molar-refractivity contribution in [1.82, 2.24) is 0 Å². The topological polar surface area (TPSA) is 26.3 Å². The molecule has 2 aromatic rings. The van der Waals surface area contributed by atoms with Crippen LogP contribution in [-0.2, 0) is 0 Å². The normalized spacial score (nSPS) is 10.0. The standard InChI is InChI=1S/C14H11FO2/c1-17-11-7-8-12(13(15)9-11)14(16)10-5-3-2-4-6-10/h2-9H,1H3. The van der Waals surface area contributed by atoms with E-state index in [1.165, 1.54) is 19.2 Å². The molecule has 0 amide bonds. The first-order valence-corrected chi connectivity index (χ1v) is 5.15. The quantitative estimate of drug-likeness (QED) is 0.757. The molecule has 0 saturated heterocycles. The lowest BCUT2D eigenvalue weighted by Gasteiger charge is -2.04. The molecular formula is C14H11FO2. The molecule has 0 saturated carbocycles. The lowest BCUT2D eigenvalue weighted by Crippen LogP contribution is -2.04. The van der Waals surface area contributed by atoms with Gasteiger partial charge in [0.2, 0.25) is 0 Å². The molecule has 3 heteroatoms. The van der Waals surface area contributed by atoms with Crippen molar-refractivity contribution in [3.63, 3.8) is 0 Å². The van der Waals surface area contributed by atoms with Crippen LogP contribution >= 0.6 is 0 Å². The van der Waals surface area contributed by atoms with Crippen LogP contribution in [0, 0.1) is 5.82 Å². The number of halogens is 1. The van der Waals surface area contributed by atoms with Gasteiger partial charge in [-0.1, -0.05) is 30.3 Å². The SMILES string of the molecule is COc1ccc(C(=O)c2ccccc2)c(F)c1. The average Bonchev–Trinajstić information content (AvgIpc) is 2.39. The third-order valence-electron chi connectivity index (χ3n) is 2.46. The molecule has 0 aliphatic rings. The number of methoxy groups -OCH3 is 1. The minimum Gasteiger partial charge on any atom is -0.497 e. The Balaban J connectivity index is 2.38. The van der Waals surface area contributed by atoms with Crippen molar-refractivity contribution in [2.24, 2.45) is 0 Å². The second kappa shape index (κ2) is 4.78. The summed E-state index contributed by atoms with van der Waals surface area (Å²) in [4.78, 5) is 12.0. The molecule has 2 rings (SSSR count). The summed E-state index contributed by atoms with van der Waals surface area (Å²) >= 11 is 0. The van der Waals surface area contributed by atoms with Crippen molar-refractivity contribution in [3.8, 4) is 5.75 Å². The van der Waals surface area contributed by atoms with Gasteiger partial charge in [-0.15, -0.1) is 0 Å². The molecular weight excluding hydrogens is 219 g/mol. The monoisotopic (exact) mass is 230 g/mol. The van der Waals surface area contributed by atoms with Crippen LogP contribution in [0.4, 0.5) is 4.39 Å². The molecule has 86 valence electrons. The van der Waals surface area contributed by atoms with E-state index in [2.05, 4.69) is 0 Å². The molecule has 0 spiro atoms. The number of hydrogen-bond acceptors (Lipinski definition) is 2. The van der Waals surface area contributed by atoms with Crippen molar-refractivity contribution in [2.45, 2.75) is 0 Å². The molecule has 0 bridgehead atoms. The van der Waals surface area contributed by atoms with Gasteiger partial charge < -0.3 is 4.74 Å². The average molecular weight is 230 g/mol. The van der Waals surface area contributed by atoms with Crippen molar-refractivity contribution < 1.29 is 13.9 Å². The highest BCUT2D eigenvalue weighted by Gasteiger charge is 2.14. The molecule has 0 unspecified atom stereocenters. The molecule has 2 aromatic carbocycles. The van der Waals surface area contributed by atoms with Crippen LogP contribution in [0.3, 0.4) is 0 Å². The Morgan fingerprint density at radius 1 is 1.12 bits per heavy atom. The number of carbonyl (C=O) groups is 1. The maximum Gasteiger partial charge on any atom is 0.195 e. The number of ketones is 1. The lowest BCUT2D eigenvalue weighted by molar-refractivity contribution is 0.103. The van der Waals surface area contributed by atoms with Crippen LogP contribution in [-0.4, -0.2) is 12.9 Å². The Kier molecular flexibility index (Phi) is 3.19. The van der Waals surface area contributed by atoms with E-state index in [4.69, 9.17) is 4.74 Å². The van der Waals surface area contributed by atoms with Crippen LogP contribution in [0.15, 0.2) is 48.5 Å². The summed E-state index contributed by atoms with van der Waals surface area (Å²) in [5.74, 6) is -0.504. The van der Waals surface area contributed by atoms with Gasteiger partial charge in [-0.25, -0.2) is 4.39 Å². The maximum atomic E-state index is 13.7. The lowest BCUT2D eigenvalue weighted by atomic mass is 10.0. The van der Waals surface area contributed by atoms with Gasteiger partial charge in [0.05, 0.1) is 12.7 Å². The van der Waals surface area contributed by atoms with Crippen LogP contribution in [0.5, 0.6) is 5.75 Å². The van der Waals surface area contributed by atoms with E-state index in [0.717, 1.165) is 0 Å². The summed E-state index contributed by atoms with van der Waals surface area (Å²) in [5.41, 5.74) is 0.522. The van der Waals surface area contributed by atoms with Gasteiger partial charge in [0.1, 0.15) is 11.6 Å². The Labute approximate surface area is 98.7 Å². The summed E-state index contributed by atoms with van der Waals surface area (Å²) in [6.07, 6.45) is 0. The van der Waals surface area contributed by atoms with Gasteiger partial charge in [0.25, 0.3) is 0 Å². The van der Waals surface area contributed by atoms with Gasteiger partial charge in [0, 0.05) is 11.6 Å². The summed E-state index contributed by atoms with van der Waals surface area (Å²) in [6.45, 7) is 0. The predicted octanol–water partition coefficient (Wildman–Crippen LogP) is 3.07. The first kappa shape index (κ1) is 11.3. The molecule has 0 atom stereocenters. The Morgan fingerprint density at radius 3 is 2.41 bits per heavy atom. The van der Waals surface area contributed by atoms with Gasteiger partial charge in [-0.3, -0.25) is 4.79 Å². The molecule has 0 aromatic heterocycles. The van der Waals surface area contributed by atoms with Crippen LogP contribution in [0.25, 0.3) is 0 Å². The minimum absolute atomic E-state index is 0.0528. The van der Waals surface area contributed by atoms with Gasteiger partial charge >= 0.3 is 0 Å². The fourth-order valence-electron chi connectivity index (χ4n) is 1.55. The number of rotatable bonds is 3. The molecule has 0 radical (unpaired) electrons. The summed E-state index contributed by atoms with van der Waals surface area (Å²) in [6, 6.07) is 12.8. The highest BCUT2D eigenvalue weighted by molar-refractivity contribution is 6.09. The Hall–Kier alpha value is -2.16. The first-order chi connectivity index (χ1) is 8.22. The molecule has 17 heavy (non-hydrogen) atoms. The molecule has 0 aliphatic heterocycles. The van der Waals surface area contributed by atoms with Crippen molar-refractivity contribution in [2.75, 3.05) is 7.11 Å². The van der Waals surface area contributed by atoms with Gasteiger partial charge in [0.15, 0.2) is 5.78 Å².